The molecule has 0 amide bonds. The second-order valence-corrected chi connectivity index (χ2v) is 7.62. The van der Waals surface area contributed by atoms with Crippen molar-refractivity contribution >= 4 is 8.80 Å². The van der Waals surface area contributed by atoms with Gasteiger partial charge in [-0.25, -0.2) is 0 Å². The highest BCUT2D eigenvalue weighted by Crippen LogP contribution is 2.48. The third-order valence-corrected chi connectivity index (χ3v) is 7.01. The van der Waals surface area contributed by atoms with Crippen LogP contribution in [0.15, 0.2) is 0 Å². The normalized spacial score (nSPS) is 24.7. The van der Waals surface area contributed by atoms with E-state index < -0.39 is 8.80 Å². The molecule has 0 spiro atoms. The van der Waals surface area contributed by atoms with Crippen LogP contribution in [-0.4, -0.2) is 28.6 Å². The Balaban J connectivity index is 2.56. The van der Waals surface area contributed by atoms with Crippen LogP contribution >= 0.6 is 0 Å². The van der Waals surface area contributed by atoms with Gasteiger partial charge in [-0.2, -0.15) is 0 Å². The fourth-order valence-electron chi connectivity index (χ4n) is 2.75. The van der Waals surface area contributed by atoms with Gasteiger partial charge in [-0.1, -0.05) is 19.8 Å². The molecule has 0 aliphatic heterocycles. The summed E-state index contributed by atoms with van der Waals surface area (Å²) in [6.45, 7) is 10.4. The molecule has 102 valence electrons. The van der Waals surface area contributed by atoms with E-state index in [0.717, 1.165) is 5.92 Å². The molecule has 1 rings (SSSR count). The van der Waals surface area contributed by atoms with Crippen molar-refractivity contribution < 1.29 is 13.3 Å². The van der Waals surface area contributed by atoms with E-state index in [1.807, 2.05) is 20.8 Å². The predicted molar refractivity (Wildman–Crippen MR) is 72.0 cm³/mol. The first-order valence-electron chi connectivity index (χ1n) is 7.14. The Morgan fingerprint density at radius 1 is 0.882 bits per heavy atom. The summed E-state index contributed by atoms with van der Waals surface area (Å²) in [5.41, 5.74) is 0.541. The number of hydrogen-bond donors (Lipinski definition) is 0. The SMILES string of the molecule is CCCC1CC([Si](OCC)(OCC)OCC)C1. The zero-order valence-corrected chi connectivity index (χ0v) is 12.8. The van der Waals surface area contributed by atoms with Gasteiger partial charge in [0.15, 0.2) is 0 Å². The van der Waals surface area contributed by atoms with Crippen LogP contribution in [0.5, 0.6) is 0 Å². The Morgan fingerprint density at radius 2 is 1.35 bits per heavy atom. The van der Waals surface area contributed by atoms with Gasteiger partial charge in [-0.3, -0.25) is 0 Å². The lowest BCUT2D eigenvalue weighted by molar-refractivity contribution is 0.0409. The molecule has 0 heterocycles. The smallest absolute Gasteiger partial charge is 0.374 e. The molecule has 1 fully saturated rings. The highest BCUT2D eigenvalue weighted by molar-refractivity contribution is 6.62. The first-order chi connectivity index (χ1) is 8.22. The van der Waals surface area contributed by atoms with Crippen LogP contribution in [0.3, 0.4) is 0 Å². The molecule has 0 aromatic heterocycles. The maximum Gasteiger partial charge on any atom is 0.504 e. The molecular weight excluding hydrogens is 232 g/mol. The summed E-state index contributed by atoms with van der Waals surface area (Å²) in [6.07, 6.45) is 5.09. The van der Waals surface area contributed by atoms with Crippen molar-refractivity contribution in [1.82, 2.24) is 0 Å². The molecule has 0 N–H and O–H groups in total. The highest BCUT2D eigenvalue weighted by Gasteiger charge is 2.54. The lowest BCUT2D eigenvalue weighted by Gasteiger charge is -2.44. The van der Waals surface area contributed by atoms with E-state index in [0.29, 0.717) is 25.4 Å². The van der Waals surface area contributed by atoms with Crippen LogP contribution in [0.1, 0.15) is 53.4 Å². The summed E-state index contributed by atoms with van der Waals surface area (Å²) in [5.74, 6) is 0.873. The van der Waals surface area contributed by atoms with Crippen LogP contribution in [0.4, 0.5) is 0 Å². The topological polar surface area (TPSA) is 27.7 Å². The van der Waals surface area contributed by atoms with Crippen LogP contribution in [0.25, 0.3) is 0 Å². The average molecular weight is 260 g/mol. The third-order valence-electron chi connectivity index (χ3n) is 3.47. The molecule has 1 aliphatic rings. The molecule has 0 radical (unpaired) electrons. The molecule has 0 saturated heterocycles. The fraction of sp³-hybridized carbons (Fsp3) is 1.00. The van der Waals surface area contributed by atoms with Crippen LogP contribution < -0.4 is 0 Å². The van der Waals surface area contributed by atoms with E-state index in [4.69, 9.17) is 13.3 Å². The van der Waals surface area contributed by atoms with E-state index in [2.05, 4.69) is 6.92 Å². The Labute approximate surface area is 107 Å². The molecule has 1 saturated carbocycles. The van der Waals surface area contributed by atoms with E-state index in [1.165, 1.54) is 25.7 Å². The lowest BCUT2D eigenvalue weighted by atomic mass is 9.81. The Kier molecular flexibility index (Phi) is 6.70. The van der Waals surface area contributed by atoms with Crippen LogP contribution in [-0.2, 0) is 13.3 Å². The predicted octanol–water partition coefficient (Wildman–Crippen LogP) is 3.62. The Bertz CT molecular complexity index is 188. The highest BCUT2D eigenvalue weighted by atomic mass is 28.4. The molecule has 3 nitrogen and oxygen atoms in total. The largest absolute Gasteiger partial charge is 0.504 e. The molecule has 0 unspecified atom stereocenters. The second-order valence-electron chi connectivity index (χ2n) is 4.73. The van der Waals surface area contributed by atoms with Crippen molar-refractivity contribution in [2.45, 2.75) is 58.9 Å². The van der Waals surface area contributed by atoms with Gasteiger partial charge >= 0.3 is 8.80 Å². The number of rotatable bonds is 9. The maximum absolute atomic E-state index is 5.94. The van der Waals surface area contributed by atoms with Gasteiger partial charge in [-0.15, -0.1) is 0 Å². The van der Waals surface area contributed by atoms with E-state index >= 15 is 0 Å². The molecule has 1 aliphatic carbocycles. The summed E-state index contributed by atoms with van der Waals surface area (Å²) in [5, 5.41) is 0. The second kappa shape index (κ2) is 7.51. The van der Waals surface area contributed by atoms with Gasteiger partial charge in [0.1, 0.15) is 0 Å². The summed E-state index contributed by atoms with van der Waals surface area (Å²) >= 11 is 0. The summed E-state index contributed by atoms with van der Waals surface area (Å²) < 4.78 is 17.8. The fourth-order valence-corrected chi connectivity index (χ4v) is 6.16. The van der Waals surface area contributed by atoms with Crippen molar-refractivity contribution in [1.29, 1.82) is 0 Å². The van der Waals surface area contributed by atoms with Gasteiger partial charge in [0.05, 0.1) is 0 Å². The van der Waals surface area contributed by atoms with E-state index in [1.54, 1.807) is 0 Å². The van der Waals surface area contributed by atoms with E-state index in [-0.39, 0.29) is 0 Å². The van der Waals surface area contributed by atoms with E-state index in [9.17, 15) is 0 Å². The molecule has 0 aromatic carbocycles. The maximum atomic E-state index is 5.94. The Hall–Kier alpha value is 0.0969. The zero-order valence-electron chi connectivity index (χ0n) is 11.8. The van der Waals surface area contributed by atoms with Crippen LogP contribution in [0, 0.1) is 5.92 Å². The van der Waals surface area contributed by atoms with Crippen LogP contribution in [0.2, 0.25) is 5.54 Å². The van der Waals surface area contributed by atoms with Gasteiger partial charge in [0, 0.05) is 25.4 Å². The molecule has 0 aromatic rings. The van der Waals surface area contributed by atoms with Crippen molar-refractivity contribution in [3.05, 3.63) is 0 Å². The van der Waals surface area contributed by atoms with Gasteiger partial charge in [0.25, 0.3) is 0 Å². The molecule has 0 atom stereocenters. The van der Waals surface area contributed by atoms with Gasteiger partial charge in [0.2, 0.25) is 0 Å². The van der Waals surface area contributed by atoms with Gasteiger partial charge in [-0.05, 0) is 39.5 Å². The zero-order chi connectivity index (χ0) is 12.7. The minimum atomic E-state index is -2.38. The first-order valence-corrected chi connectivity index (χ1v) is 8.94. The number of hydrogen-bond acceptors (Lipinski definition) is 3. The third kappa shape index (κ3) is 3.78. The lowest BCUT2D eigenvalue weighted by Crippen LogP contribution is -2.54. The van der Waals surface area contributed by atoms with Gasteiger partial charge < -0.3 is 13.3 Å². The molecule has 4 heteroatoms. The quantitative estimate of drug-likeness (QED) is 0.593. The first kappa shape index (κ1) is 15.2. The molecule has 0 bridgehead atoms. The van der Waals surface area contributed by atoms with Crippen molar-refractivity contribution in [2.75, 3.05) is 19.8 Å². The summed E-state index contributed by atoms with van der Waals surface area (Å²) in [6, 6.07) is 0. The molecule has 17 heavy (non-hydrogen) atoms. The standard InChI is InChI=1S/C13H28O3Si/c1-5-9-12-10-13(11-12)17(14-6-2,15-7-3)16-8-4/h12-13H,5-11H2,1-4H3. The minimum absolute atomic E-state index is 0.541. The molecular formula is C13H28O3Si. The summed E-state index contributed by atoms with van der Waals surface area (Å²) in [4.78, 5) is 0. The Morgan fingerprint density at radius 3 is 1.71 bits per heavy atom. The minimum Gasteiger partial charge on any atom is -0.374 e. The van der Waals surface area contributed by atoms with Crippen molar-refractivity contribution in [3.63, 3.8) is 0 Å². The monoisotopic (exact) mass is 260 g/mol. The van der Waals surface area contributed by atoms with Crippen molar-refractivity contribution in [2.24, 2.45) is 5.92 Å². The summed E-state index contributed by atoms with van der Waals surface area (Å²) in [7, 11) is -2.38. The van der Waals surface area contributed by atoms with Crippen molar-refractivity contribution in [3.8, 4) is 0 Å². The average Bonchev–Trinajstić information content (AvgIpc) is 2.23.